The molecule has 5 nitrogen and oxygen atoms in total. The number of carbonyl (C=O) groups excluding carboxylic acids is 2. The highest BCUT2D eigenvalue weighted by atomic mass is 16.3. The number of aryl methyl sites for hydroxylation is 2. The molecule has 0 bridgehead atoms. The standard InChI is InChI=1S/C16H22N2O3/c1-11(19)17-9-16(21)10-18-14-5-2-12-3-6-15(20)7-4-13(12)8-14/h2,5,8,16,18,21H,3-4,6-7,9-10H2,1H3,(H,17,19)/t16-/m0/s1. The number of nitrogens with one attached hydrogen (secondary N) is 2. The Labute approximate surface area is 124 Å². The maximum Gasteiger partial charge on any atom is 0.216 e. The highest BCUT2D eigenvalue weighted by molar-refractivity contribution is 5.79. The van der Waals surface area contributed by atoms with E-state index in [1.807, 2.05) is 6.07 Å². The zero-order valence-electron chi connectivity index (χ0n) is 12.3. The molecule has 0 saturated carbocycles. The first-order valence-electron chi connectivity index (χ1n) is 7.34. The average molecular weight is 290 g/mol. The summed E-state index contributed by atoms with van der Waals surface area (Å²) in [7, 11) is 0. The number of rotatable bonds is 5. The van der Waals surface area contributed by atoms with Gasteiger partial charge in [0.2, 0.25) is 5.91 Å². The van der Waals surface area contributed by atoms with Crippen molar-refractivity contribution in [2.45, 2.75) is 38.7 Å². The van der Waals surface area contributed by atoms with Crippen LogP contribution in [-0.2, 0) is 22.4 Å². The van der Waals surface area contributed by atoms with Crippen molar-refractivity contribution in [2.24, 2.45) is 0 Å². The maximum absolute atomic E-state index is 11.5. The molecule has 0 spiro atoms. The van der Waals surface area contributed by atoms with E-state index in [9.17, 15) is 14.7 Å². The van der Waals surface area contributed by atoms with Crippen LogP contribution in [0.15, 0.2) is 18.2 Å². The lowest BCUT2D eigenvalue weighted by Gasteiger charge is -2.14. The fourth-order valence-electron chi connectivity index (χ4n) is 2.46. The van der Waals surface area contributed by atoms with Crippen LogP contribution < -0.4 is 10.6 Å². The van der Waals surface area contributed by atoms with Gasteiger partial charge in [0.1, 0.15) is 5.78 Å². The van der Waals surface area contributed by atoms with Gasteiger partial charge in [-0.15, -0.1) is 0 Å². The van der Waals surface area contributed by atoms with Crippen molar-refractivity contribution in [3.05, 3.63) is 29.3 Å². The van der Waals surface area contributed by atoms with Gasteiger partial charge in [-0.25, -0.2) is 0 Å². The highest BCUT2D eigenvalue weighted by Crippen LogP contribution is 2.22. The predicted molar refractivity (Wildman–Crippen MR) is 81.3 cm³/mol. The summed E-state index contributed by atoms with van der Waals surface area (Å²) in [4.78, 5) is 22.3. The fraction of sp³-hybridized carbons (Fsp3) is 0.500. The minimum absolute atomic E-state index is 0.149. The number of amides is 1. The molecule has 0 unspecified atom stereocenters. The van der Waals surface area contributed by atoms with E-state index in [2.05, 4.69) is 22.8 Å². The average Bonchev–Trinajstić information content (AvgIpc) is 2.65. The molecular formula is C16H22N2O3. The molecule has 2 rings (SSSR count). The van der Waals surface area contributed by atoms with Crippen LogP contribution in [0.25, 0.3) is 0 Å². The largest absolute Gasteiger partial charge is 0.389 e. The molecule has 1 amide bonds. The lowest BCUT2D eigenvalue weighted by molar-refractivity contribution is -0.120. The number of hydrogen-bond acceptors (Lipinski definition) is 4. The molecule has 3 N–H and O–H groups in total. The molecule has 114 valence electrons. The molecule has 0 radical (unpaired) electrons. The molecule has 0 saturated heterocycles. The Bertz CT molecular complexity index is 528. The molecule has 1 aromatic rings. The number of aliphatic hydroxyl groups is 1. The van der Waals surface area contributed by atoms with Crippen molar-refractivity contribution in [3.63, 3.8) is 0 Å². The van der Waals surface area contributed by atoms with Gasteiger partial charge in [0, 0.05) is 38.5 Å². The van der Waals surface area contributed by atoms with E-state index in [-0.39, 0.29) is 12.5 Å². The smallest absolute Gasteiger partial charge is 0.216 e. The minimum atomic E-state index is -0.630. The maximum atomic E-state index is 11.5. The molecule has 21 heavy (non-hydrogen) atoms. The van der Waals surface area contributed by atoms with E-state index in [1.165, 1.54) is 18.1 Å². The van der Waals surface area contributed by atoms with Gasteiger partial charge in [-0.1, -0.05) is 6.07 Å². The van der Waals surface area contributed by atoms with Gasteiger partial charge in [-0.3, -0.25) is 9.59 Å². The summed E-state index contributed by atoms with van der Waals surface area (Å²) >= 11 is 0. The van der Waals surface area contributed by atoms with Gasteiger partial charge in [0.15, 0.2) is 0 Å². The summed E-state index contributed by atoms with van der Waals surface area (Å²) in [5, 5.41) is 15.5. The van der Waals surface area contributed by atoms with Gasteiger partial charge < -0.3 is 15.7 Å². The predicted octanol–water partition coefficient (Wildman–Crippen LogP) is 1.04. The normalized spacial score (nSPS) is 15.8. The molecule has 5 heteroatoms. The number of fused-ring (bicyclic) bond motifs is 1. The van der Waals surface area contributed by atoms with Crippen molar-refractivity contribution in [2.75, 3.05) is 18.4 Å². The third kappa shape index (κ3) is 4.86. The summed E-state index contributed by atoms with van der Waals surface area (Å²) in [6.45, 7) is 2.04. The summed E-state index contributed by atoms with van der Waals surface area (Å²) in [6.07, 6.45) is 2.23. The molecule has 1 aliphatic carbocycles. The van der Waals surface area contributed by atoms with E-state index in [0.717, 1.165) is 18.5 Å². The zero-order chi connectivity index (χ0) is 15.2. The van der Waals surface area contributed by atoms with Gasteiger partial charge in [-0.2, -0.15) is 0 Å². The number of hydrogen-bond donors (Lipinski definition) is 3. The quantitative estimate of drug-likeness (QED) is 0.708. The Kier molecular flexibility index (Phi) is 5.33. The SMILES string of the molecule is CC(=O)NC[C@H](O)CNc1ccc2c(c1)CCC(=O)CC2. The first kappa shape index (κ1) is 15.5. The van der Waals surface area contributed by atoms with Crippen molar-refractivity contribution < 1.29 is 14.7 Å². The molecule has 0 aliphatic heterocycles. The summed E-state index contributed by atoms with van der Waals surface area (Å²) in [6, 6.07) is 6.08. The number of benzene rings is 1. The van der Waals surface area contributed by atoms with E-state index in [0.29, 0.717) is 25.2 Å². The number of Topliss-reactive ketones (excluding diaryl/α,β-unsaturated/α-hetero) is 1. The topological polar surface area (TPSA) is 78.4 Å². The van der Waals surface area contributed by atoms with Crippen LogP contribution in [-0.4, -0.2) is 36.0 Å². The van der Waals surface area contributed by atoms with Crippen LogP contribution >= 0.6 is 0 Å². The van der Waals surface area contributed by atoms with E-state index in [4.69, 9.17) is 0 Å². The number of aliphatic hydroxyl groups excluding tert-OH is 1. The molecular weight excluding hydrogens is 268 g/mol. The highest BCUT2D eigenvalue weighted by Gasteiger charge is 2.13. The Hall–Kier alpha value is -1.88. The Morgan fingerprint density at radius 2 is 1.90 bits per heavy atom. The second-order valence-corrected chi connectivity index (χ2v) is 5.49. The molecule has 1 atom stereocenters. The number of carbonyl (C=O) groups is 2. The monoisotopic (exact) mass is 290 g/mol. The molecule has 1 aliphatic rings. The van der Waals surface area contributed by atoms with Crippen molar-refractivity contribution in [1.29, 1.82) is 0 Å². The van der Waals surface area contributed by atoms with Crippen LogP contribution in [0.5, 0.6) is 0 Å². The minimum Gasteiger partial charge on any atom is -0.389 e. The first-order chi connectivity index (χ1) is 10.0. The lowest BCUT2D eigenvalue weighted by atomic mass is 10.0. The van der Waals surface area contributed by atoms with E-state index in [1.54, 1.807) is 0 Å². The Morgan fingerprint density at radius 1 is 1.19 bits per heavy atom. The van der Waals surface area contributed by atoms with Crippen molar-refractivity contribution in [1.82, 2.24) is 5.32 Å². The molecule has 0 heterocycles. The van der Waals surface area contributed by atoms with Crippen LogP contribution in [0.3, 0.4) is 0 Å². The van der Waals surface area contributed by atoms with Crippen LogP contribution in [0.4, 0.5) is 5.69 Å². The van der Waals surface area contributed by atoms with E-state index < -0.39 is 6.10 Å². The molecule has 0 aromatic heterocycles. The van der Waals surface area contributed by atoms with Crippen molar-refractivity contribution in [3.8, 4) is 0 Å². The zero-order valence-corrected chi connectivity index (χ0v) is 12.3. The fourth-order valence-corrected chi connectivity index (χ4v) is 2.46. The van der Waals surface area contributed by atoms with Crippen LogP contribution in [0.2, 0.25) is 0 Å². The molecule has 1 aromatic carbocycles. The third-order valence-corrected chi connectivity index (χ3v) is 3.68. The Balaban J connectivity index is 1.90. The van der Waals surface area contributed by atoms with Gasteiger partial charge in [-0.05, 0) is 36.1 Å². The number of anilines is 1. The summed E-state index contributed by atoms with van der Waals surface area (Å²) in [5.41, 5.74) is 3.39. The Morgan fingerprint density at radius 3 is 2.62 bits per heavy atom. The third-order valence-electron chi connectivity index (χ3n) is 3.68. The van der Waals surface area contributed by atoms with Crippen LogP contribution in [0, 0.1) is 0 Å². The van der Waals surface area contributed by atoms with Gasteiger partial charge in [0.25, 0.3) is 0 Å². The molecule has 0 fully saturated rings. The number of ketones is 1. The second-order valence-electron chi connectivity index (χ2n) is 5.49. The van der Waals surface area contributed by atoms with Gasteiger partial charge in [0.05, 0.1) is 6.10 Å². The van der Waals surface area contributed by atoms with Crippen LogP contribution in [0.1, 0.15) is 30.9 Å². The summed E-state index contributed by atoms with van der Waals surface area (Å²) in [5.74, 6) is 0.176. The van der Waals surface area contributed by atoms with Crippen molar-refractivity contribution >= 4 is 17.4 Å². The lowest BCUT2D eigenvalue weighted by Crippen LogP contribution is -2.34. The van der Waals surface area contributed by atoms with Gasteiger partial charge >= 0.3 is 0 Å². The first-order valence-corrected chi connectivity index (χ1v) is 7.34. The second kappa shape index (κ2) is 7.22. The van der Waals surface area contributed by atoms with E-state index >= 15 is 0 Å². The summed E-state index contributed by atoms with van der Waals surface area (Å²) < 4.78 is 0.